The molecule has 0 radical (unpaired) electrons. The molecule has 2 N–H and O–H groups in total. The van der Waals surface area contributed by atoms with Gasteiger partial charge in [0.1, 0.15) is 5.82 Å². The summed E-state index contributed by atoms with van der Waals surface area (Å²) in [5.41, 5.74) is 8.19. The van der Waals surface area contributed by atoms with Crippen LogP contribution in [0.25, 0.3) is 5.69 Å². The predicted octanol–water partition coefficient (Wildman–Crippen LogP) is 2.96. The van der Waals surface area contributed by atoms with Crippen LogP contribution in [0.1, 0.15) is 38.0 Å². The Morgan fingerprint density at radius 2 is 2.00 bits per heavy atom. The Hall–Kier alpha value is -1.33. The van der Waals surface area contributed by atoms with E-state index >= 15 is 0 Å². The van der Waals surface area contributed by atoms with Gasteiger partial charge in [-0.05, 0) is 17.9 Å². The van der Waals surface area contributed by atoms with Gasteiger partial charge < -0.3 is 5.73 Å². The molecule has 0 spiro atoms. The van der Waals surface area contributed by atoms with E-state index in [1.54, 1.807) is 0 Å². The van der Waals surface area contributed by atoms with Crippen molar-refractivity contribution in [3.8, 4) is 5.69 Å². The predicted molar refractivity (Wildman–Crippen MR) is 84.4 cm³/mol. The summed E-state index contributed by atoms with van der Waals surface area (Å²) in [5, 5.41) is 4.62. The van der Waals surface area contributed by atoms with Gasteiger partial charge >= 0.3 is 0 Å². The second-order valence-electron chi connectivity index (χ2n) is 4.45. The maximum atomic E-state index is 5.98. The molecule has 0 aliphatic carbocycles. The van der Waals surface area contributed by atoms with E-state index < -0.39 is 0 Å². The van der Waals surface area contributed by atoms with Crippen LogP contribution in [0.5, 0.6) is 0 Å². The SMILES string of the molecule is CCSc1cccc(-n2nc(CC)nc2CC)c1CN. The van der Waals surface area contributed by atoms with Crippen molar-refractivity contribution in [2.75, 3.05) is 5.75 Å². The Labute approximate surface area is 124 Å². The zero-order chi connectivity index (χ0) is 14.5. The van der Waals surface area contributed by atoms with E-state index in [0.717, 1.165) is 41.5 Å². The molecule has 2 aromatic rings. The van der Waals surface area contributed by atoms with Gasteiger partial charge in [0.25, 0.3) is 0 Å². The lowest BCUT2D eigenvalue weighted by atomic mass is 10.1. The molecule has 0 saturated carbocycles. The molecule has 1 aromatic heterocycles. The summed E-state index contributed by atoms with van der Waals surface area (Å²) >= 11 is 1.82. The topological polar surface area (TPSA) is 56.7 Å². The molecule has 0 aliphatic rings. The van der Waals surface area contributed by atoms with Gasteiger partial charge in [0.05, 0.1) is 5.69 Å². The summed E-state index contributed by atoms with van der Waals surface area (Å²) in [7, 11) is 0. The standard InChI is InChI=1S/C15H22N4S/c1-4-14-17-15(5-2)19(18-14)12-8-7-9-13(20-6-3)11(12)10-16/h7-9H,4-6,10,16H2,1-3H3. The normalized spacial score (nSPS) is 11.0. The third-order valence-electron chi connectivity index (χ3n) is 3.19. The Balaban J connectivity index is 2.56. The maximum absolute atomic E-state index is 5.98. The summed E-state index contributed by atoms with van der Waals surface area (Å²) in [6.45, 7) is 6.85. The second-order valence-corrected chi connectivity index (χ2v) is 5.76. The van der Waals surface area contributed by atoms with Crippen molar-refractivity contribution in [2.45, 2.75) is 45.1 Å². The van der Waals surface area contributed by atoms with Crippen molar-refractivity contribution < 1.29 is 0 Å². The van der Waals surface area contributed by atoms with Crippen LogP contribution in [0.2, 0.25) is 0 Å². The molecule has 0 saturated heterocycles. The zero-order valence-electron chi connectivity index (χ0n) is 12.4. The molecule has 0 bridgehead atoms. The Bertz CT molecular complexity index is 577. The number of rotatable bonds is 6. The molecule has 0 aliphatic heterocycles. The molecule has 0 atom stereocenters. The minimum atomic E-state index is 0.517. The van der Waals surface area contributed by atoms with Crippen LogP contribution >= 0.6 is 11.8 Å². The smallest absolute Gasteiger partial charge is 0.151 e. The molecular weight excluding hydrogens is 268 g/mol. The van der Waals surface area contributed by atoms with Crippen LogP contribution in [-0.2, 0) is 19.4 Å². The fourth-order valence-corrected chi connectivity index (χ4v) is 3.06. The molecule has 108 valence electrons. The zero-order valence-corrected chi connectivity index (χ0v) is 13.2. The highest BCUT2D eigenvalue weighted by molar-refractivity contribution is 7.99. The number of hydrogen-bond donors (Lipinski definition) is 1. The first-order valence-corrected chi connectivity index (χ1v) is 8.13. The number of aromatic nitrogens is 3. The van der Waals surface area contributed by atoms with Gasteiger partial charge in [0.15, 0.2) is 5.82 Å². The second kappa shape index (κ2) is 6.90. The van der Waals surface area contributed by atoms with Gasteiger partial charge in [-0.15, -0.1) is 11.8 Å². The van der Waals surface area contributed by atoms with E-state index in [9.17, 15) is 0 Å². The average molecular weight is 290 g/mol. The van der Waals surface area contributed by atoms with Crippen molar-refractivity contribution in [1.29, 1.82) is 0 Å². The Morgan fingerprint density at radius 1 is 1.20 bits per heavy atom. The lowest BCUT2D eigenvalue weighted by Crippen LogP contribution is -2.10. The minimum Gasteiger partial charge on any atom is -0.326 e. The monoisotopic (exact) mass is 290 g/mol. The molecule has 0 fully saturated rings. The summed E-state index contributed by atoms with van der Waals surface area (Å²) in [6, 6.07) is 6.28. The molecule has 2 rings (SSSR count). The summed E-state index contributed by atoms with van der Waals surface area (Å²) in [5.74, 6) is 2.92. The van der Waals surface area contributed by atoms with Crippen molar-refractivity contribution in [3.63, 3.8) is 0 Å². The van der Waals surface area contributed by atoms with E-state index in [0.29, 0.717) is 6.54 Å². The van der Waals surface area contributed by atoms with Crippen molar-refractivity contribution >= 4 is 11.8 Å². The van der Waals surface area contributed by atoms with E-state index in [1.807, 2.05) is 16.4 Å². The lowest BCUT2D eigenvalue weighted by molar-refractivity contribution is 0.775. The summed E-state index contributed by atoms with van der Waals surface area (Å²) in [4.78, 5) is 5.82. The first-order valence-electron chi connectivity index (χ1n) is 7.15. The highest BCUT2D eigenvalue weighted by atomic mass is 32.2. The van der Waals surface area contributed by atoms with Crippen LogP contribution in [0.15, 0.2) is 23.1 Å². The molecular formula is C15H22N4S. The largest absolute Gasteiger partial charge is 0.326 e. The van der Waals surface area contributed by atoms with Crippen molar-refractivity contribution in [2.24, 2.45) is 5.73 Å². The van der Waals surface area contributed by atoms with Crippen LogP contribution < -0.4 is 5.73 Å². The molecule has 1 aromatic carbocycles. The first kappa shape index (κ1) is 15.1. The van der Waals surface area contributed by atoms with Crippen LogP contribution in [-0.4, -0.2) is 20.5 Å². The molecule has 0 amide bonds. The van der Waals surface area contributed by atoms with Gasteiger partial charge in [-0.25, -0.2) is 9.67 Å². The number of nitrogens with two attached hydrogens (primary N) is 1. The molecule has 1 heterocycles. The van der Waals surface area contributed by atoms with Crippen molar-refractivity contribution in [1.82, 2.24) is 14.8 Å². The number of benzene rings is 1. The number of aryl methyl sites for hydroxylation is 2. The number of hydrogen-bond acceptors (Lipinski definition) is 4. The molecule has 20 heavy (non-hydrogen) atoms. The van der Waals surface area contributed by atoms with E-state index in [1.165, 1.54) is 4.90 Å². The Kier molecular flexibility index (Phi) is 5.20. The van der Waals surface area contributed by atoms with Gasteiger partial charge in [0, 0.05) is 29.8 Å². The Morgan fingerprint density at radius 3 is 2.60 bits per heavy atom. The third-order valence-corrected chi connectivity index (χ3v) is 4.17. The van der Waals surface area contributed by atoms with Gasteiger partial charge in [-0.1, -0.05) is 26.8 Å². The fraction of sp³-hybridized carbons (Fsp3) is 0.467. The quantitative estimate of drug-likeness (QED) is 0.831. The highest BCUT2D eigenvalue weighted by Gasteiger charge is 2.14. The molecule has 0 unspecified atom stereocenters. The highest BCUT2D eigenvalue weighted by Crippen LogP contribution is 2.27. The summed E-state index contributed by atoms with van der Waals surface area (Å²) < 4.78 is 1.96. The van der Waals surface area contributed by atoms with Crippen molar-refractivity contribution in [3.05, 3.63) is 35.4 Å². The van der Waals surface area contributed by atoms with Crippen LogP contribution in [0.3, 0.4) is 0 Å². The van der Waals surface area contributed by atoms with Gasteiger partial charge in [-0.3, -0.25) is 0 Å². The van der Waals surface area contributed by atoms with Gasteiger partial charge in [0.2, 0.25) is 0 Å². The summed E-state index contributed by atoms with van der Waals surface area (Å²) in [6.07, 6.45) is 1.71. The van der Waals surface area contributed by atoms with Crippen LogP contribution in [0, 0.1) is 0 Å². The third kappa shape index (κ3) is 2.88. The lowest BCUT2D eigenvalue weighted by Gasteiger charge is -2.13. The number of nitrogens with zero attached hydrogens (tertiary/aromatic N) is 3. The van der Waals surface area contributed by atoms with E-state index in [-0.39, 0.29) is 0 Å². The van der Waals surface area contributed by atoms with E-state index in [4.69, 9.17) is 5.73 Å². The first-order chi connectivity index (χ1) is 9.74. The minimum absolute atomic E-state index is 0.517. The molecule has 4 nitrogen and oxygen atoms in total. The molecule has 5 heteroatoms. The van der Waals surface area contributed by atoms with Crippen LogP contribution in [0.4, 0.5) is 0 Å². The fourth-order valence-electron chi connectivity index (χ4n) is 2.21. The van der Waals surface area contributed by atoms with E-state index in [2.05, 4.69) is 49.1 Å². The number of thioether (sulfide) groups is 1. The average Bonchev–Trinajstić information content (AvgIpc) is 2.90. The van der Waals surface area contributed by atoms with Gasteiger partial charge in [-0.2, -0.15) is 5.10 Å². The maximum Gasteiger partial charge on any atom is 0.151 e.